The fourth-order valence-corrected chi connectivity index (χ4v) is 7.08. The van der Waals surface area contributed by atoms with E-state index in [9.17, 15) is 26.6 Å². The van der Waals surface area contributed by atoms with Gasteiger partial charge in [-0.1, -0.05) is 37.6 Å². The normalized spacial score (nSPS) is 22.2. The third-order valence-electron chi connectivity index (χ3n) is 8.03. The first-order valence-electron chi connectivity index (χ1n) is 12.8. The molecular weight excluding hydrogens is 520 g/mol. The van der Waals surface area contributed by atoms with Gasteiger partial charge >= 0.3 is 6.18 Å². The molecule has 0 radical (unpaired) electrons. The Hall–Kier alpha value is -2.82. The van der Waals surface area contributed by atoms with Crippen LogP contribution in [0.1, 0.15) is 67.5 Å². The predicted octanol–water partition coefficient (Wildman–Crippen LogP) is 5.12. The van der Waals surface area contributed by atoms with Gasteiger partial charge in [-0.05, 0) is 42.4 Å². The fourth-order valence-electron chi connectivity index (χ4n) is 5.78. The second-order valence-corrected chi connectivity index (χ2v) is 12.4. The third-order valence-corrected chi connectivity index (χ3v) is 9.41. The van der Waals surface area contributed by atoms with Crippen molar-refractivity contribution in [1.82, 2.24) is 19.5 Å². The smallest absolute Gasteiger partial charge is 0.330 e. The van der Waals surface area contributed by atoms with Gasteiger partial charge in [-0.25, -0.2) is 9.50 Å². The lowest BCUT2D eigenvalue weighted by Gasteiger charge is -2.40. The number of halogens is 4. The highest BCUT2D eigenvalue weighted by Crippen LogP contribution is 2.45. The minimum Gasteiger partial charge on any atom is -0.330 e. The second-order valence-electron chi connectivity index (χ2n) is 10.7. The highest BCUT2D eigenvalue weighted by molar-refractivity contribution is 7.85. The summed E-state index contributed by atoms with van der Waals surface area (Å²) in [6.07, 6.45) is 1.04. The van der Waals surface area contributed by atoms with Crippen molar-refractivity contribution in [3.63, 3.8) is 0 Å². The quantitative estimate of drug-likeness (QED) is 0.400. The van der Waals surface area contributed by atoms with E-state index in [0.717, 1.165) is 41.0 Å². The van der Waals surface area contributed by atoms with Crippen LogP contribution in [0.5, 0.6) is 0 Å². The Morgan fingerprint density at radius 1 is 1.21 bits per heavy atom. The number of rotatable bonds is 6. The van der Waals surface area contributed by atoms with E-state index in [-0.39, 0.29) is 11.0 Å². The number of amides is 1. The van der Waals surface area contributed by atoms with E-state index in [2.05, 4.69) is 17.0 Å². The lowest BCUT2D eigenvalue weighted by Crippen LogP contribution is -2.43. The maximum absolute atomic E-state index is 14.2. The van der Waals surface area contributed by atoms with Crippen molar-refractivity contribution >= 4 is 22.4 Å². The van der Waals surface area contributed by atoms with E-state index in [1.54, 1.807) is 22.8 Å². The summed E-state index contributed by atoms with van der Waals surface area (Å²) in [7, 11) is 0.183. The van der Waals surface area contributed by atoms with Crippen LogP contribution < -0.4 is 0 Å². The maximum Gasteiger partial charge on any atom is 0.413 e. The first-order valence-corrected chi connectivity index (χ1v) is 14.3. The minimum atomic E-state index is -4.66. The van der Waals surface area contributed by atoms with Gasteiger partial charge in [-0.2, -0.15) is 17.6 Å². The van der Waals surface area contributed by atoms with E-state index >= 15 is 0 Å². The van der Waals surface area contributed by atoms with Crippen molar-refractivity contribution in [2.45, 2.75) is 63.1 Å². The molecule has 2 aliphatic rings. The molecule has 1 saturated carbocycles. The standard InChI is InChI=1S/C27H30F4N4O2S/c1-26(10-3-11-26)23-20(16-32-22-15-21(28)33-35(22)23)14-17-4-6-18(7-5-17)24(27(29,30)31)34(2)25(36)19-8-12-38(37)13-9-19/h4-7,15-16,19,24H,3,8-14H2,1-2H3. The highest BCUT2D eigenvalue weighted by atomic mass is 32.2. The number of carbonyl (C=O) groups excluding carboxylic acids is 1. The molecule has 6 nitrogen and oxygen atoms in total. The topological polar surface area (TPSA) is 67.6 Å². The molecule has 3 heterocycles. The zero-order chi connectivity index (χ0) is 27.2. The highest BCUT2D eigenvalue weighted by Gasteiger charge is 2.46. The van der Waals surface area contributed by atoms with Crippen LogP contribution in [-0.2, 0) is 27.4 Å². The molecule has 1 aliphatic heterocycles. The third kappa shape index (κ3) is 5.09. The molecule has 1 unspecified atom stereocenters. The van der Waals surface area contributed by atoms with Crippen molar-refractivity contribution in [1.29, 1.82) is 0 Å². The number of alkyl halides is 3. The summed E-state index contributed by atoms with van der Waals surface area (Å²) in [4.78, 5) is 18.1. The minimum absolute atomic E-state index is 0.0228. The molecule has 5 rings (SSSR count). The molecule has 204 valence electrons. The van der Waals surface area contributed by atoms with E-state index in [1.807, 2.05) is 0 Å². The average molecular weight is 551 g/mol. The number of hydrogen-bond acceptors (Lipinski definition) is 4. The molecule has 3 aromatic rings. The molecule has 1 atom stereocenters. The van der Waals surface area contributed by atoms with E-state index < -0.39 is 40.8 Å². The van der Waals surface area contributed by atoms with Gasteiger partial charge in [0.15, 0.2) is 11.7 Å². The monoisotopic (exact) mass is 550 g/mol. The van der Waals surface area contributed by atoms with Gasteiger partial charge < -0.3 is 4.90 Å². The predicted molar refractivity (Wildman–Crippen MR) is 136 cm³/mol. The zero-order valence-corrected chi connectivity index (χ0v) is 22.1. The number of nitrogens with zero attached hydrogens (tertiary/aromatic N) is 4. The van der Waals surface area contributed by atoms with Crippen LogP contribution in [0.4, 0.5) is 17.6 Å². The maximum atomic E-state index is 14.2. The molecule has 1 saturated heterocycles. The van der Waals surface area contributed by atoms with Gasteiger partial charge in [-0.3, -0.25) is 9.00 Å². The average Bonchev–Trinajstić information content (AvgIpc) is 3.23. The fraction of sp³-hybridized carbons (Fsp3) is 0.519. The van der Waals surface area contributed by atoms with Crippen molar-refractivity contribution in [2.24, 2.45) is 5.92 Å². The van der Waals surface area contributed by atoms with Gasteiger partial charge in [0.1, 0.15) is 0 Å². The molecule has 0 N–H and O–H groups in total. The number of carbonyl (C=O) groups is 1. The van der Waals surface area contributed by atoms with Crippen molar-refractivity contribution in [3.8, 4) is 0 Å². The van der Waals surface area contributed by atoms with E-state index in [0.29, 0.717) is 36.4 Å². The van der Waals surface area contributed by atoms with Crippen molar-refractivity contribution in [3.05, 3.63) is 64.9 Å². The van der Waals surface area contributed by atoms with Crippen LogP contribution in [-0.4, -0.2) is 54.3 Å². The molecular formula is C27H30F4N4O2S. The molecule has 0 spiro atoms. The van der Waals surface area contributed by atoms with Crippen LogP contribution >= 0.6 is 0 Å². The number of aromatic nitrogens is 3. The Labute approximate surface area is 220 Å². The van der Waals surface area contributed by atoms with Crippen molar-refractivity contribution < 1.29 is 26.6 Å². The van der Waals surface area contributed by atoms with E-state index in [1.165, 1.54) is 25.2 Å². The molecule has 0 bridgehead atoms. The van der Waals surface area contributed by atoms with Crippen molar-refractivity contribution in [2.75, 3.05) is 18.6 Å². The SMILES string of the molecule is CN(C(=O)C1CCS(=O)CC1)C(c1ccc(Cc2cnc3cc(F)nn3c2C2(C)CCC2)cc1)C(F)(F)F. The van der Waals surface area contributed by atoms with Crippen LogP contribution in [0.3, 0.4) is 0 Å². The van der Waals surface area contributed by atoms with Gasteiger partial charge in [0, 0.05) is 59.4 Å². The molecule has 11 heteroatoms. The molecule has 1 amide bonds. The largest absolute Gasteiger partial charge is 0.413 e. The van der Waals surface area contributed by atoms with Crippen LogP contribution in [0, 0.1) is 11.9 Å². The summed E-state index contributed by atoms with van der Waals surface area (Å²) in [5.74, 6) is -1.06. The lowest BCUT2D eigenvalue weighted by molar-refractivity contribution is -0.190. The van der Waals surface area contributed by atoms with Gasteiger partial charge in [-0.15, -0.1) is 5.10 Å². The molecule has 38 heavy (non-hydrogen) atoms. The number of hydrogen-bond donors (Lipinski definition) is 0. The summed E-state index contributed by atoms with van der Waals surface area (Å²) < 4.78 is 69.7. The summed E-state index contributed by atoms with van der Waals surface area (Å²) in [5, 5.41) is 4.01. The van der Waals surface area contributed by atoms with Crippen LogP contribution in [0.25, 0.3) is 5.65 Å². The molecule has 1 aromatic carbocycles. The summed E-state index contributed by atoms with van der Waals surface area (Å²) in [6.45, 7) is 2.11. The number of fused-ring (bicyclic) bond motifs is 1. The lowest BCUT2D eigenvalue weighted by atomic mass is 9.67. The first-order chi connectivity index (χ1) is 18.0. The van der Waals surface area contributed by atoms with Crippen LogP contribution in [0.15, 0.2) is 36.5 Å². The molecule has 2 aromatic heterocycles. The van der Waals surface area contributed by atoms with Gasteiger partial charge in [0.25, 0.3) is 0 Å². The van der Waals surface area contributed by atoms with E-state index in [4.69, 9.17) is 0 Å². The Bertz CT molecular complexity index is 1360. The van der Waals surface area contributed by atoms with Gasteiger partial charge in [0.05, 0.1) is 5.69 Å². The summed E-state index contributed by atoms with van der Waals surface area (Å²) >= 11 is 0. The summed E-state index contributed by atoms with van der Waals surface area (Å²) in [6, 6.07) is 5.31. The van der Waals surface area contributed by atoms with Crippen LogP contribution in [0.2, 0.25) is 0 Å². The number of benzene rings is 1. The Morgan fingerprint density at radius 2 is 1.87 bits per heavy atom. The Morgan fingerprint density at radius 3 is 2.45 bits per heavy atom. The zero-order valence-electron chi connectivity index (χ0n) is 21.3. The Kier molecular flexibility index (Phi) is 7.08. The van der Waals surface area contributed by atoms with Gasteiger partial charge in [0.2, 0.25) is 11.9 Å². The second kappa shape index (κ2) is 10.1. The Balaban J connectivity index is 1.41. The molecule has 1 aliphatic carbocycles. The molecule has 2 fully saturated rings. The summed E-state index contributed by atoms with van der Waals surface area (Å²) in [5.41, 5.74) is 2.74. The first kappa shape index (κ1) is 26.8.